The maximum atomic E-state index is 12.3. The number of anilines is 1. The summed E-state index contributed by atoms with van der Waals surface area (Å²) < 4.78 is 52.9. The van der Waals surface area contributed by atoms with E-state index in [0.717, 1.165) is 11.1 Å². The molecule has 13 heteroatoms. The van der Waals surface area contributed by atoms with Crippen molar-refractivity contribution < 1.29 is 27.4 Å². The van der Waals surface area contributed by atoms with Crippen molar-refractivity contribution in [3.8, 4) is 34.3 Å². The zero-order valence-corrected chi connectivity index (χ0v) is 20.9. The molecule has 0 atom stereocenters. The van der Waals surface area contributed by atoms with Crippen LogP contribution in [0.15, 0.2) is 78.2 Å². The van der Waals surface area contributed by atoms with Crippen molar-refractivity contribution in [3.63, 3.8) is 0 Å². The van der Waals surface area contributed by atoms with Gasteiger partial charge in [0, 0.05) is 11.6 Å². The van der Waals surface area contributed by atoms with Gasteiger partial charge in [0.1, 0.15) is 23.6 Å². The van der Waals surface area contributed by atoms with Crippen molar-refractivity contribution >= 4 is 29.2 Å². The van der Waals surface area contributed by atoms with E-state index in [4.69, 9.17) is 21.7 Å². The van der Waals surface area contributed by atoms with Crippen molar-refractivity contribution in [2.24, 2.45) is 5.10 Å². The van der Waals surface area contributed by atoms with Gasteiger partial charge in [-0.3, -0.25) is 5.43 Å². The Labute approximate surface area is 220 Å². The lowest BCUT2D eigenvalue weighted by atomic mass is 10.1. The van der Waals surface area contributed by atoms with E-state index in [1.165, 1.54) is 35.3 Å². The lowest BCUT2D eigenvalue weighted by molar-refractivity contribution is -0.274. The van der Waals surface area contributed by atoms with E-state index in [1.54, 1.807) is 38.6 Å². The van der Waals surface area contributed by atoms with Crippen LogP contribution in [0.2, 0.25) is 0 Å². The largest absolute Gasteiger partial charge is 0.573 e. The topological polar surface area (TPSA) is 94.8 Å². The normalized spacial score (nSPS) is 11.3. The number of hydrogen-bond donors (Lipinski definition) is 2. The van der Waals surface area contributed by atoms with Crippen molar-refractivity contribution in [3.05, 3.63) is 78.6 Å². The fourth-order valence-corrected chi connectivity index (χ4v) is 3.42. The molecule has 9 nitrogen and oxygen atoms in total. The van der Waals surface area contributed by atoms with Crippen molar-refractivity contribution in [1.29, 1.82) is 0 Å². The first-order valence-corrected chi connectivity index (χ1v) is 11.4. The van der Waals surface area contributed by atoms with Gasteiger partial charge in [-0.1, -0.05) is 24.3 Å². The third kappa shape index (κ3) is 6.97. The molecule has 0 radical (unpaired) electrons. The third-order valence-corrected chi connectivity index (χ3v) is 5.23. The SMILES string of the molecule is COc1ccc(NC(=S)N/N=C/c2ccc(-c3ncn(-c4ccc(OC(F)(F)F)cc4)n3)cc2)c(OC)c1. The van der Waals surface area contributed by atoms with E-state index in [0.29, 0.717) is 28.7 Å². The van der Waals surface area contributed by atoms with Gasteiger partial charge < -0.3 is 19.5 Å². The molecule has 3 aromatic carbocycles. The number of hydrogen-bond acceptors (Lipinski definition) is 7. The first-order valence-electron chi connectivity index (χ1n) is 10.9. The number of halogens is 3. The second kappa shape index (κ2) is 11.6. The summed E-state index contributed by atoms with van der Waals surface area (Å²) in [4.78, 5) is 4.28. The Hall–Kier alpha value is -4.65. The van der Waals surface area contributed by atoms with Gasteiger partial charge in [-0.2, -0.15) is 5.10 Å². The number of nitrogens with zero attached hydrogens (tertiary/aromatic N) is 4. The summed E-state index contributed by atoms with van der Waals surface area (Å²) >= 11 is 5.28. The van der Waals surface area contributed by atoms with Gasteiger partial charge in [-0.15, -0.1) is 18.3 Å². The third-order valence-electron chi connectivity index (χ3n) is 5.03. The number of nitrogens with one attached hydrogen (secondary N) is 2. The molecule has 0 amide bonds. The molecular formula is C25H21F3N6O3S. The van der Waals surface area contributed by atoms with E-state index in [9.17, 15) is 13.2 Å². The standard InChI is InChI=1S/C25H21F3N6O3S/c1-35-20-11-12-21(22(13-20)36-2)31-24(38)32-30-14-16-3-5-17(6-4-16)23-29-15-34(33-23)18-7-9-19(10-8-18)37-25(26,27)28/h3-15H,1-2H3,(H2,31,32,38)/b30-14+. The van der Waals surface area contributed by atoms with Crippen molar-refractivity contribution in [1.82, 2.24) is 20.2 Å². The Morgan fingerprint density at radius 2 is 1.68 bits per heavy atom. The van der Waals surface area contributed by atoms with Gasteiger partial charge in [0.05, 0.1) is 31.8 Å². The van der Waals surface area contributed by atoms with E-state index in [-0.39, 0.29) is 10.9 Å². The maximum Gasteiger partial charge on any atom is 0.573 e. The van der Waals surface area contributed by atoms with Gasteiger partial charge >= 0.3 is 6.36 Å². The average Bonchev–Trinajstić information content (AvgIpc) is 3.39. The predicted molar refractivity (Wildman–Crippen MR) is 140 cm³/mol. The summed E-state index contributed by atoms with van der Waals surface area (Å²) in [6.45, 7) is 0. The van der Waals surface area contributed by atoms with Gasteiger partial charge in [0.2, 0.25) is 0 Å². The quantitative estimate of drug-likeness (QED) is 0.179. The molecule has 196 valence electrons. The summed E-state index contributed by atoms with van der Waals surface area (Å²) in [7, 11) is 3.12. The zero-order chi connectivity index (χ0) is 27.1. The minimum Gasteiger partial charge on any atom is -0.497 e. The molecule has 0 saturated heterocycles. The molecule has 2 N–H and O–H groups in total. The van der Waals surface area contributed by atoms with Crippen LogP contribution in [0.1, 0.15) is 5.56 Å². The molecule has 0 bridgehead atoms. The molecule has 0 fully saturated rings. The van der Waals surface area contributed by atoms with Crippen LogP contribution >= 0.6 is 12.2 Å². The summed E-state index contributed by atoms with van der Waals surface area (Å²) in [5.74, 6) is 1.35. The number of methoxy groups -OCH3 is 2. The molecule has 0 spiro atoms. The lowest BCUT2D eigenvalue weighted by Crippen LogP contribution is -2.24. The molecule has 0 unspecified atom stereocenters. The van der Waals surface area contributed by atoms with Crippen LogP contribution < -0.4 is 25.0 Å². The first kappa shape index (κ1) is 26.4. The number of benzene rings is 3. The predicted octanol–water partition coefficient (Wildman–Crippen LogP) is 5.17. The average molecular weight is 543 g/mol. The number of alkyl halides is 3. The van der Waals surface area contributed by atoms with Crippen LogP contribution in [0, 0.1) is 0 Å². The smallest absolute Gasteiger partial charge is 0.497 e. The van der Waals surface area contributed by atoms with Gasteiger partial charge in [-0.25, -0.2) is 9.67 Å². The first-order chi connectivity index (χ1) is 18.2. The molecule has 0 aliphatic rings. The fraction of sp³-hybridized carbons (Fsp3) is 0.120. The van der Waals surface area contributed by atoms with Crippen molar-refractivity contribution in [2.75, 3.05) is 19.5 Å². The molecule has 4 rings (SSSR count). The zero-order valence-electron chi connectivity index (χ0n) is 20.1. The van der Waals surface area contributed by atoms with E-state index < -0.39 is 6.36 Å². The minimum absolute atomic E-state index is 0.272. The summed E-state index contributed by atoms with van der Waals surface area (Å²) in [5.41, 5.74) is 5.48. The van der Waals surface area contributed by atoms with E-state index in [2.05, 4.69) is 30.7 Å². The van der Waals surface area contributed by atoms with Crippen molar-refractivity contribution in [2.45, 2.75) is 6.36 Å². The van der Waals surface area contributed by atoms with Crippen LogP contribution in [-0.2, 0) is 0 Å². The monoisotopic (exact) mass is 542 g/mol. The number of hydrazone groups is 1. The Bertz CT molecular complexity index is 1420. The molecule has 0 aliphatic carbocycles. The van der Waals surface area contributed by atoms with E-state index >= 15 is 0 Å². The number of aromatic nitrogens is 3. The molecule has 38 heavy (non-hydrogen) atoms. The number of ether oxygens (including phenoxy) is 3. The molecule has 1 aromatic heterocycles. The highest BCUT2D eigenvalue weighted by Gasteiger charge is 2.31. The van der Waals surface area contributed by atoms with Gasteiger partial charge in [0.25, 0.3) is 0 Å². The summed E-state index contributed by atoms with van der Waals surface area (Å²) in [6, 6.07) is 17.9. The lowest BCUT2D eigenvalue weighted by Gasteiger charge is -2.12. The summed E-state index contributed by atoms with van der Waals surface area (Å²) in [6.07, 6.45) is -1.68. The Balaban J connectivity index is 1.34. The second-order valence-corrected chi connectivity index (χ2v) is 7.98. The molecular weight excluding hydrogens is 521 g/mol. The van der Waals surface area contributed by atoms with Crippen LogP contribution in [0.5, 0.6) is 17.2 Å². The second-order valence-electron chi connectivity index (χ2n) is 7.57. The van der Waals surface area contributed by atoms with Crippen LogP contribution in [0.4, 0.5) is 18.9 Å². The van der Waals surface area contributed by atoms with Crippen LogP contribution in [0.25, 0.3) is 17.1 Å². The minimum atomic E-state index is -4.75. The Kier molecular flexibility index (Phi) is 8.06. The maximum absolute atomic E-state index is 12.3. The molecule has 1 heterocycles. The highest BCUT2D eigenvalue weighted by molar-refractivity contribution is 7.80. The molecule has 4 aromatic rings. The highest BCUT2D eigenvalue weighted by Crippen LogP contribution is 2.29. The molecule has 0 aliphatic heterocycles. The molecule has 0 saturated carbocycles. The fourth-order valence-electron chi connectivity index (χ4n) is 3.26. The van der Waals surface area contributed by atoms with Crippen LogP contribution in [-0.4, -0.2) is 46.7 Å². The Morgan fingerprint density at radius 3 is 2.34 bits per heavy atom. The number of rotatable bonds is 8. The summed E-state index contributed by atoms with van der Waals surface area (Å²) in [5, 5.41) is 11.8. The highest BCUT2D eigenvalue weighted by atomic mass is 32.1. The number of thiocarbonyl (C=S) groups is 1. The Morgan fingerprint density at radius 1 is 0.974 bits per heavy atom. The van der Waals surface area contributed by atoms with Gasteiger partial charge in [0.15, 0.2) is 10.9 Å². The van der Waals surface area contributed by atoms with Crippen LogP contribution in [0.3, 0.4) is 0 Å². The van der Waals surface area contributed by atoms with Gasteiger partial charge in [-0.05, 0) is 54.2 Å². The van der Waals surface area contributed by atoms with E-state index in [1.807, 2.05) is 24.3 Å².